The SMILES string of the molecule is CC1CCNCCN(c2c(F)cccc2NC=O)CC1. The smallest absolute Gasteiger partial charge is 0.211 e. The van der Waals surface area contributed by atoms with Crippen LogP contribution in [0.1, 0.15) is 19.8 Å². The van der Waals surface area contributed by atoms with E-state index in [0.29, 0.717) is 23.7 Å². The first-order valence-electron chi connectivity index (χ1n) is 7.16. The summed E-state index contributed by atoms with van der Waals surface area (Å²) in [5, 5.41) is 5.97. The summed E-state index contributed by atoms with van der Waals surface area (Å²) in [5.41, 5.74) is 1.03. The number of hydrogen-bond acceptors (Lipinski definition) is 3. The third-order valence-corrected chi connectivity index (χ3v) is 3.78. The van der Waals surface area contributed by atoms with Crippen LogP contribution in [0.15, 0.2) is 18.2 Å². The Kier molecular flexibility index (Phi) is 5.35. The summed E-state index contributed by atoms with van der Waals surface area (Å²) in [6.45, 7) is 5.59. The predicted molar refractivity (Wildman–Crippen MR) is 79.6 cm³/mol. The fourth-order valence-corrected chi connectivity index (χ4v) is 2.56. The first-order valence-corrected chi connectivity index (χ1v) is 7.16. The minimum absolute atomic E-state index is 0.288. The van der Waals surface area contributed by atoms with Gasteiger partial charge in [-0.05, 0) is 37.4 Å². The minimum atomic E-state index is -0.288. The Labute approximate surface area is 119 Å². The lowest BCUT2D eigenvalue weighted by atomic mass is 10.0. The topological polar surface area (TPSA) is 44.4 Å². The molecule has 1 atom stereocenters. The molecule has 1 amide bonds. The van der Waals surface area contributed by atoms with Gasteiger partial charge in [-0.3, -0.25) is 4.79 Å². The van der Waals surface area contributed by atoms with Gasteiger partial charge < -0.3 is 15.5 Å². The normalized spacial score (nSPS) is 20.7. The highest BCUT2D eigenvalue weighted by molar-refractivity contribution is 5.81. The summed E-state index contributed by atoms with van der Waals surface area (Å²) in [4.78, 5) is 12.7. The van der Waals surface area contributed by atoms with Gasteiger partial charge in [0.2, 0.25) is 6.41 Å². The number of amides is 1. The Morgan fingerprint density at radius 1 is 1.35 bits per heavy atom. The molecule has 5 heteroatoms. The average molecular weight is 279 g/mol. The maximum atomic E-state index is 14.2. The summed E-state index contributed by atoms with van der Waals surface area (Å²) >= 11 is 0. The highest BCUT2D eigenvalue weighted by Gasteiger charge is 2.18. The third-order valence-electron chi connectivity index (χ3n) is 3.78. The van der Waals surface area contributed by atoms with Gasteiger partial charge in [0.05, 0.1) is 11.4 Å². The standard InChI is InChI=1S/C15H22FN3O/c1-12-5-7-17-8-10-19(9-6-12)15-13(16)3-2-4-14(15)18-11-20/h2-4,11-12,17H,5-10H2,1H3,(H,18,20). The van der Waals surface area contributed by atoms with E-state index < -0.39 is 0 Å². The van der Waals surface area contributed by atoms with Crippen LogP contribution in [0, 0.1) is 11.7 Å². The molecule has 1 heterocycles. The van der Waals surface area contributed by atoms with Crippen molar-refractivity contribution in [3.8, 4) is 0 Å². The number of nitrogens with one attached hydrogen (secondary N) is 2. The second kappa shape index (κ2) is 7.24. The Balaban J connectivity index is 2.24. The van der Waals surface area contributed by atoms with Gasteiger partial charge in [-0.15, -0.1) is 0 Å². The summed E-state index contributed by atoms with van der Waals surface area (Å²) < 4.78 is 14.2. The molecule has 1 saturated heterocycles. The van der Waals surface area contributed by atoms with E-state index in [9.17, 15) is 9.18 Å². The van der Waals surface area contributed by atoms with E-state index in [1.165, 1.54) is 6.07 Å². The first kappa shape index (κ1) is 14.8. The van der Waals surface area contributed by atoms with Crippen molar-refractivity contribution < 1.29 is 9.18 Å². The van der Waals surface area contributed by atoms with E-state index >= 15 is 0 Å². The first-order chi connectivity index (χ1) is 9.72. The van der Waals surface area contributed by atoms with Gasteiger partial charge in [-0.1, -0.05) is 13.0 Å². The monoisotopic (exact) mass is 279 g/mol. The number of benzene rings is 1. The maximum Gasteiger partial charge on any atom is 0.211 e. The molecule has 1 aliphatic rings. The quantitative estimate of drug-likeness (QED) is 0.834. The fourth-order valence-electron chi connectivity index (χ4n) is 2.56. The van der Waals surface area contributed by atoms with E-state index in [2.05, 4.69) is 17.6 Å². The van der Waals surface area contributed by atoms with Crippen molar-refractivity contribution in [1.29, 1.82) is 0 Å². The fraction of sp³-hybridized carbons (Fsp3) is 0.533. The zero-order valence-electron chi connectivity index (χ0n) is 11.9. The number of carbonyl (C=O) groups is 1. The summed E-state index contributed by atoms with van der Waals surface area (Å²) in [7, 11) is 0. The molecule has 0 aliphatic carbocycles. The van der Waals surface area contributed by atoms with Crippen molar-refractivity contribution >= 4 is 17.8 Å². The Hall–Kier alpha value is -1.62. The minimum Gasteiger partial charge on any atom is -0.366 e. The van der Waals surface area contributed by atoms with Crippen LogP contribution in [-0.4, -0.2) is 32.6 Å². The molecule has 0 saturated carbocycles. The summed E-state index contributed by atoms with van der Waals surface area (Å²) in [6.07, 6.45) is 2.76. The van der Waals surface area contributed by atoms with Gasteiger partial charge in [-0.25, -0.2) is 4.39 Å². The van der Waals surface area contributed by atoms with Crippen molar-refractivity contribution in [1.82, 2.24) is 5.32 Å². The molecule has 2 N–H and O–H groups in total. The summed E-state index contributed by atoms with van der Waals surface area (Å²) in [6, 6.07) is 4.78. The molecule has 1 unspecified atom stereocenters. The molecule has 0 bridgehead atoms. The van der Waals surface area contributed by atoms with Gasteiger partial charge in [0.15, 0.2) is 0 Å². The molecule has 1 aliphatic heterocycles. The van der Waals surface area contributed by atoms with Gasteiger partial charge in [0, 0.05) is 19.6 Å². The van der Waals surface area contributed by atoms with E-state index in [4.69, 9.17) is 0 Å². The van der Waals surface area contributed by atoms with Crippen LogP contribution in [0.5, 0.6) is 0 Å². The number of carbonyl (C=O) groups excluding carboxylic acids is 1. The molecular weight excluding hydrogens is 257 g/mol. The molecule has 1 fully saturated rings. The predicted octanol–water partition coefficient (Wildman–Crippen LogP) is 2.22. The lowest BCUT2D eigenvalue weighted by Crippen LogP contribution is -2.33. The molecular formula is C15H22FN3O. The number of para-hydroxylation sites is 1. The van der Waals surface area contributed by atoms with Crippen LogP contribution < -0.4 is 15.5 Å². The van der Waals surface area contributed by atoms with Crippen molar-refractivity contribution in [2.75, 3.05) is 36.4 Å². The highest BCUT2D eigenvalue weighted by atomic mass is 19.1. The second-order valence-corrected chi connectivity index (χ2v) is 5.32. The zero-order chi connectivity index (χ0) is 14.4. The second-order valence-electron chi connectivity index (χ2n) is 5.32. The number of halogens is 1. The maximum absolute atomic E-state index is 14.2. The average Bonchev–Trinajstić information content (AvgIpc) is 2.52. The van der Waals surface area contributed by atoms with Crippen LogP contribution in [0.25, 0.3) is 0 Å². The van der Waals surface area contributed by atoms with Gasteiger partial charge in [0.1, 0.15) is 5.82 Å². The van der Waals surface area contributed by atoms with Crippen molar-refractivity contribution in [2.24, 2.45) is 5.92 Å². The van der Waals surface area contributed by atoms with Gasteiger partial charge in [0.25, 0.3) is 0 Å². The number of rotatable bonds is 3. The highest BCUT2D eigenvalue weighted by Crippen LogP contribution is 2.29. The molecule has 1 aromatic carbocycles. The molecule has 0 radical (unpaired) electrons. The van der Waals surface area contributed by atoms with E-state index in [-0.39, 0.29) is 5.82 Å². The van der Waals surface area contributed by atoms with Crippen LogP contribution in [0.4, 0.5) is 15.8 Å². The van der Waals surface area contributed by atoms with Crippen molar-refractivity contribution in [2.45, 2.75) is 19.8 Å². The summed E-state index contributed by atoms with van der Waals surface area (Å²) in [5.74, 6) is 0.320. The molecule has 110 valence electrons. The molecule has 0 spiro atoms. The van der Waals surface area contributed by atoms with Gasteiger partial charge in [-0.2, -0.15) is 0 Å². The van der Waals surface area contributed by atoms with Crippen LogP contribution in [0.3, 0.4) is 0 Å². The third kappa shape index (κ3) is 3.70. The molecule has 20 heavy (non-hydrogen) atoms. The van der Waals surface area contributed by atoms with E-state index in [1.807, 2.05) is 4.90 Å². The lowest BCUT2D eigenvalue weighted by Gasteiger charge is -2.27. The number of nitrogens with zero attached hydrogens (tertiary/aromatic N) is 1. The number of anilines is 2. The Morgan fingerprint density at radius 2 is 2.20 bits per heavy atom. The molecule has 0 aromatic heterocycles. The molecule has 4 nitrogen and oxygen atoms in total. The zero-order valence-corrected chi connectivity index (χ0v) is 11.9. The lowest BCUT2D eigenvalue weighted by molar-refractivity contribution is -0.105. The van der Waals surface area contributed by atoms with Crippen molar-refractivity contribution in [3.05, 3.63) is 24.0 Å². The van der Waals surface area contributed by atoms with Crippen LogP contribution in [-0.2, 0) is 4.79 Å². The molecule has 1 aromatic rings. The number of hydrogen-bond donors (Lipinski definition) is 2. The Bertz CT molecular complexity index is 453. The van der Waals surface area contributed by atoms with Crippen molar-refractivity contribution in [3.63, 3.8) is 0 Å². The van der Waals surface area contributed by atoms with E-state index in [0.717, 1.165) is 39.0 Å². The van der Waals surface area contributed by atoms with Crippen LogP contribution in [0.2, 0.25) is 0 Å². The van der Waals surface area contributed by atoms with E-state index in [1.54, 1.807) is 12.1 Å². The largest absolute Gasteiger partial charge is 0.366 e. The van der Waals surface area contributed by atoms with Gasteiger partial charge >= 0.3 is 0 Å². The Morgan fingerprint density at radius 3 is 3.00 bits per heavy atom. The molecule has 2 rings (SSSR count). The van der Waals surface area contributed by atoms with Crippen LogP contribution >= 0.6 is 0 Å².